The molecule has 6 nitrogen and oxygen atoms in total. The maximum Gasteiger partial charge on any atom is 0.225 e. The molecule has 0 aliphatic carbocycles. The van der Waals surface area contributed by atoms with Crippen LogP contribution < -0.4 is 10.6 Å². The standard InChI is InChI=1S/C22H34N6/c1-5-13-27(14-6-1)17-11-23-21-19-9-3-4-10-20(19)25-22(26-21)24-12-18-28-15-7-2-8-16-28/h3-4,9-10H,1-2,5-8,11-18H2,(H2,23,24,25,26). The van der Waals surface area contributed by atoms with Crippen molar-refractivity contribution in [1.82, 2.24) is 19.8 Å². The zero-order chi connectivity index (χ0) is 19.0. The molecular weight excluding hydrogens is 348 g/mol. The fraction of sp³-hybridized carbons (Fsp3) is 0.636. The lowest BCUT2D eigenvalue weighted by molar-refractivity contribution is 0.237. The highest BCUT2D eigenvalue weighted by Gasteiger charge is 2.12. The van der Waals surface area contributed by atoms with Gasteiger partial charge in [-0.25, -0.2) is 4.98 Å². The van der Waals surface area contributed by atoms with Crippen molar-refractivity contribution in [3.8, 4) is 0 Å². The smallest absolute Gasteiger partial charge is 0.225 e. The third kappa shape index (κ3) is 5.32. The van der Waals surface area contributed by atoms with E-state index >= 15 is 0 Å². The number of hydrogen-bond acceptors (Lipinski definition) is 6. The number of likely N-dealkylation sites (tertiary alicyclic amines) is 2. The van der Waals surface area contributed by atoms with Gasteiger partial charge in [-0.3, -0.25) is 0 Å². The Kier molecular flexibility index (Phi) is 6.95. The number of nitrogens with one attached hydrogen (secondary N) is 2. The molecule has 6 heteroatoms. The van der Waals surface area contributed by atoms with E-state index in [1.165, 1.54) is 64.7 Å². The normalized spacial score (nSPS) is 19.0. The van der Waals surface area contributed by atoms with E-state index in [0.29, 0.717) is 0 Å². The van der Waals surface area contributed by atoms with Crippen molar-refractivity contribution >= 4 is 22.7 Å². The molecule has 2 aliphatic heterocycles. The molecule has 2 saturated heterocycles. The average molecular weight is 383 g/mol. The van der Waals surface area contributed by atoms with Crippen LogP contribution in [0.3, 0.4) is 0 Å². The van der Waals surface area contributed by atoms with E-state index < -0.39 is 0 Å². The molecule has 152 valence electrons. The monoisotopic (exact) mass is 382 g/mol. The quantitative estimate of drug-likeness (QED) is 0.730. The molecule has 2 fully saturated rings. The minimum Gasteiger partial charge on any atom is -0.368 e. The number of fused-ring (bicyclic) bond motifs is 1. The van der Waals surface area contributed by atoms with Gasteiger partial charge in [-0.2, -0.15) is 4.98 Å². The minimum atomic E-state index is 0.733. The summed E-state index contributed by atoms with van der Waals surface area (Å²) >= 11 is 0. The molecule has 0 saturated carbocycles. The van der Waals surface area contributed by atoms with Crippen molar-refractivity contribution in [1.29, 1.82) is 0 Å². The van der Waals surface area contributed by atoms with Crippen molar-refractivity contribution in [2.75, 3.05) is 63.0 Å². The summed E-state index contributed by atoms with van der Waals surface area (Å²) in [7, 11) is 0. The molecule has 0 bridgehead atoms. The number of hydrogen-bond donors (Lipinski definition) is 2. The fourth-order valence-corrected chi connectivity index (χ4v) is 4.31. The molecule has 3 heterocycles. The summed E-state index contributed by atoms with van der Waals surface area (Å²) in [6.07, 6.45) is 8.09. The lowest BCUT2D eigenvalue weighted by atomic mass is 10.1. The summed E-state index contributed by atoms with van der Waals surface area (Å²) in [6.45, 7) is 8.88. The lowest BCUT2D eigenvalue weighted by Crippen LogP contribution is -2.34. The van der Waals surface area contributed by atoms with Crippen LogP contribution in [0.15, 0.2) is 24.3 Å². The Bertz CT molecular complexity index is 737. The number of nitrogens with zero attached hydrogens (tertiary/aromatic N) is 4. The number of rotatable bonds is 8. The Labute approximate surface area is 168 Å². The Morgan fingerprint density at radius 3 is 2.00 bits per heavy atom. The molecule has 4 rings (SSSR count). The van der Waals surface area contributed by atoms with E-state index in [9.17, 15) is 0 Å². The van der Waals surface area contributed by atoms with Crippen LogP contribution in [0.25, 0.3) is 10.9 Å². The van der Waals surface area contributed by atoms with E-state index in [4.69, 9.17) is 9.97 Å². The van der Waals surface area contributed by atoms with E-state index in [0.717, 1.165) is 48.8 Å². The van der Waals surface area contributed by atoms with Gasteiger partial charge in [0.2, 0.25) is 5.95 Å². The van der Waals surface area contributed by atoms with Gasteiger partial charge < -0.3 is 20.4 Å². The Balaban J connectivity index is 1.36. The van der Waals surface area contributed by atoms with Gasteiger partial charge in [-0.1, -0.05) is 25.0 Å². The van der Waals surface area contributed by atoms with Gasteiger partial charge in [-0.15, -0.1) is 0 Å². The zero-order valence-electron chi connectivity index (χ0n) is 17.0. The van der Waals surface area contributed by atoms with Crippen LogP contribution in [-0.2, 0) is 0 Å². The summed E-state index contributed by atoms with van der Waals surface area (Å²) in [5, 5.41) is 8.12. The SMILES string of the molecule is c1ccc2c(NCCN3CCCCC3)nc(NCCN3CCCCC3)nc2c1. The van der Waals surface area contributed by atoms with Gasteiger partial charge in [0, 0.05) is 31.6 Å². The molecule has 0 atom stereocenters. The first-order valence-corrected chi connectivity index (χ1v) is 11.1. The van der Waals surface area contributed by atoms with Crippen LogP contribution in [0, 0.1) is 0 Å². The second-order valence-corrected chi connectivity index (χ2v) is 8.07. The second kappa shape index (κ2) is 10.0. The third-order valence-corrected chi connectivity index (χ3v) is 5.93. The van der Waals surface area contributed by atoms with E-state index in [-0.39, 0.29) is 0 Å². The molecule has 2 aromatic rings. The van der Waals surface area contributed by atoms with Crippen LogP contribution >= 0.6 is 0 Å². The highest BCUT2D eigenvalue weighted by molar-refractivity contribution is 5.90. The molecule has 1 aromatic carbocycles. The predicted molar refractivity (Wildman–Crippen MR) is 117 cm³/mol. The first-order chi connectivity index (χ1) is 13.9. The molecule has 2 N–H and O–H groups in total. The second-order valence-electron chi connectivity index (χ2n) is 8.07. The molecule has 0 unspecified atom stereocenters. The number of aromatic nitrogens is 2. The van der Waals surface area contributed by atoms with Gasteiger partial charge >= 0.3 is 0 Å². The van der Waals surface area contributed by atoms with Crippen LogP contribution in [0.5, 0.6) is 0 Å². The molecular formula is C22H34N6. The van der Waals surface area contributed by atoms with Crippen molar-refractivity contribution < 1.29 is 0 Å². The van der Waals surface area contributed by atoms with Gasteiger partial charge in [-0.05, 0) is 64.0 Å². The third-order valence-electron chi connectivity index (χ3n) is 5.93. The molecule has 0 spiro atoms. The minimum absolute atomic E-state index is 0.733. The van der Waals surface area contributed by atoms with Gasteiger partial charge in [0.15, 0.2) is 0 Å². The predicted octanol–water partition coefficient (Wildman–Crippen LogP) is 3.43. The topological polar surface area (TPSA) is 56.3 Å². The summed E-state index contributed by atoms with van der Waals surface area (Å²) in [6, 6.07) is 8.29. The van der Waals surface area contributed by atoms with E-state index in [2.05, 4.69) is 38.6 Å². The first-order valence-electron chi connectivity index (χ1n) is 11.1. The lowest BCUT2D eigenvalue weighted by Gasteiger charge is -2.26. The molecule has 0 amide bonds. The van der Waals surface area contributed by atoms with Crippen LogP contribution in [0.2, 0.25) is 0 Å². The van der Waals surface area contributed by atoms with Crippen molar-refractivity contribution in [3.05, 3.63) is 24.3 Å². The van der Waals surface area contributed by atoms with E-state index in [1.54, 1.807) is 0 Å². The van der Waals surface area contributed by atoms with Gasteiger partial charge in [0.1, 0.15) is 5.82 Å². The Morgan fingerprint density at radius 2 is 1.32 bits per heavy atom. The number of piperidine rings is 2. The highest BCUT2D eigenvalue weighted by atomic mass is 15.2. The zero-order valence-corrected chi connectivity index (χ0v) is 17.0. The summed E-state index contributed by atoms with van der Waals surface area (Å²) in [5.41, 5.74) is 0.999. The Morgan fingerprint density at radius 1 is 0.714 bits per heavy atom. The number of para-hydroxylation sites is 1. The van der Waals surface area contributed by atoms with E-state index in [1.807, 2.05) is 6.07 Å². The average Bonchev–Trinajstić information content (AvgIpc) is 2.75. The van der Waals surface area contributed by atoms with Crippen molar-refractivity contribution in [2.24, 2.45) is 0 Å². The molecule has 1 aromatic heterocycles. The summed E-state index contributed by atoms with van der Waals surface area (Å²) < 4.78 is 0. The maximum atomic E-state index is 4.80. The highest BCUT2D eigenvalue weighted by Crippen LogP contribution is 2.22. The Hall–Kier alpha value is -1.92. The summed E-state index contributed by atoms with van der Waals surface area (Å²) in [4.78, 5) is 14.6. The van der Waals surface area contributed by atoms with Crippen molar-refractivity contribution in [3.63, 3.8) is 0 Å². The van der Waals surface area contributed by atoms with Crippen LogP contribution in [-0.4, -0.2) is 72.1 Å². The first kappa shape index (κ1) is 19.4. The van der Waals surface area contributed by atoms with Crippen LogP contribution in [0.4, 0.5) is 11.8 Å². The van der Waals surface area contributed by atoms with Crippen molar-refractivity contribution in [2.45, 2.75) is 38.5 Å². The van der Waals surface area contributed by atoms with Crippen LogP contribution in [0.1, 0.15) is 38.5 Å². The summed E-state index contributed by atoms with van der Waals surface area (Å²) in [5.74, 6) is 1.68. The van der Waals surface area contributed by atoms with Gasteiger partial charge in [0.25, 0.3) is 0 Å². The number of benzene rings is 1. The fourth-order valence-electron chi connectivity index (χ4n) is 4.31. The largest absolute Gasteiger partial charge is 0.368 e. The maximum absolute atomic E-state index is 4.80. The van der Waals surface area contributed by atoms with Gasteiger partial charge in [0.05, 0.1) is 5.52 Å². The molecule has 28 heavy (non-hydrogen) atoms. The molecule has 0 radical (unpaired) electrons. The molecule has 2 aliphatic rings. The number of anilines is 2.